The van der Waals surface area contributed by atoms with Crippen LogP contribution < -0.4 is 10.4 Å². The first-order valence-corrected chi connectivity index (χ1v) is 7.71. The van der Waals surface area contributed by atoms with Crippen molar-refractivity contribution in [1.82, 2.24) is 0 Å². The van der Waals surface area contributed by atoms with Crippen LogP contribution in [0.1, 0.15) is 12.0 Å². The summed E-state index contributed by atoms with van der Waals surface area (Å²) in [6.45, 7) is 0. The first-order valence-electron chi connectivity index (χ1n) is 6.95. The van der Waals surface area contributed by atoms with Crippen molar-refractivity contribution in [2.45, 2.75) is 12.8 Å². The third-order valence-electron chi connectivity index (χ3n) is 3.30. The number of aliphatic carboxylic acids is 1. The van der Waals surface area contributed by atoms with Gasteiger partial charge in [0.15, 0.2) is 0 Å². The Balaban J connectivity index is 2.12. The third-order valence-corrected chi connectivity index (χ3v) is 4.03. The minimum Gasteiger partial charge on any atom is -0.550 e. The molecule has 2 aromatic carbocycles. The molecule has 0 aromatic heterocycles. The second-order valence-electron chi connectivity index (χ2n) is 5.08. The number of rotatable bonds is 6. The molecule has 0 saturated carbocycles. The quantitative estimate of drug-likeness (QED) is 0.870. The lowest BCUT2D eigenvalue weighted by Gasteiger charge is -2.17. The highest BCUT2D eigenvalue weighted by Crippen LogP contribution is 2.25. The molecule has 0 fully saturated rings. The van der Waals surface area contributed by atoms with Crippen LogP contribution in [0.5, 0.6) is 0 Å². The zero-order chi connectivity index (χ0) is 16.8. The van der Waals surface area contributed by atoms with Crippen molar-refractivity contribution in [3.05, 3.63) is 64.1 Å². The van der Waals surface area contributed by atoms with E-state index in [1.807, 2.05) is 30.3 Å². The fourth-order valence-corrected chi connectivity index (χ4v) is 2.47. The predicted molar refractivity (Wildman–Crippen MR) is 88.4 cm³/mol. The van der Waals surface area contributed by atoms with Gasteiger partial charge in [-0.2, -0.15) is 0 Å². The number of carbonyl (C=O) groups excluding carboxylic acids is 2. The first-order chi connectivity index (χ1) is 11.0. The highest BCUT2D eigenvalue weighted by molar-refractivity contribution is 6.42. The standard InChI is InChI=1S/C17H15Cl2NO3/c18-14-7-6-13(10-15(14)19)20-17(23)12(9-16(21)22)8-11-4-2-1-3-5-11/h1-7,10,12H,8-9H2,(H,20,23)(H,21,22)/p-1/t12-/m1/s1. The number of benzene rings is 2. The Morgan fingerprint density at radius 2 is 1.74 bits per heavy atom. The van der Waals surface area contributed by atoms with Crippen LogP contribution >= 0.6 is 23.2 Å². The third kappa shape index (κ3) is 5.27. The number of hydrogen-bond donors (Lipinski definition) is 1. The number of anilines is 1. The largest absolute Gasteiger partial charge is 0.550 e. The summed E-state index contributed by atoms with van der Waals surface area (Å²) in [7, 11) is 0. The maximum Gasteiger partial charge on any atom is 0.228 e. The summed E-state index contributed by atoms with van der Waals surface area (Å²) in [5, 5.41) is 14.3. The first kappa shape index (κ1) is 17.3. The lowest BCUT2D eigenvalue weighted by Crippen LogP contribution is -2.32. The molecule has 0 aliphatic rings. The van der Waals surface area contributed by atoms with Gasteiger partial charge >= 0.3 is 0 Å². The number of hydrogen-bond acceptors (Lipinski definition) is 3. The van der Waals surface area contributed by atoms with Crippen LogP contribution in [-0.2, 0) is 16.0 Å². The summed E-state index contributed by atoms with van der Waals surface area (Å²) in [5.41, 5.74) is 1.34. The van der Waals surface area contributed by atoms with Crippen molar-refractivity contribution in [2.75, 3.05) is 5.32 Å². The zero-order valence-electron chi connectivity index (χ0n) is 12.1. The van der Waals surface area contributed by atoms with E-state index in [0.717, 1.165) is 5.56 Å². The van der Waals surface area contributed by atoms with E-state index in [-0.39, 0.29) is 6.42 Å². The summed E-state index contributed by atoms with van der Waals surface area (Å²) in [4.78, 5) is 23.3. The molecule has 0 spiro atoms. The second-order valence-corrected chi connectivity index (χ2v) is 5.90. The predicted octanol–water partition coefficient (Wildman–Crippen LogP) is 2.93. The van der Waals surface area contributed by atoms with Crippen molar-refractivity contribution in [3.63, 3.8) is 0 Å². The van der Waals surface area contributed by atoms with Crippen LogP contribution in [0.25, 0.3) is 0 Å². The molecule has 1 amide bonds. The summed E-state index contributed by atoms with van der Waals surface area (Å²) < 4.78 is 0. The van der Waals surface area contributed by atoms with Crippen molar-refractivity contribution in [2.24, 2.45) is 5.92 Å². The lowest BCUT2D eigenvalue weighted by atomic mass is 9.95. The average Bonchev–Trinajstić information content (AvgIpc) is 2.51. The lowest BCUT2D eigenvalue weighted by molar-refractivity contribution is -0.306. The van der Waals surface area contributed by atoms with Crippen molar-refractivity contribution in [1.29, 1.82) is 0 Å². The Bertz CT molecular complexity index is 704. The molecule has 0 radical (unpaired) electrons. The molecule has 0 saturated heterocycles. The summed E-state index contributed by atoms with van der Waals surface area (Å²) in [6, 6.07) is 13.9. The number of carboxylic acids is 1. The van der Waals surface area contributed by atoms with Gasteiger partial charge in [0.25, 0.3) is 0 Å². The average molecular weight is 351 g/mol. The Morgan fingerprint density at radius 3 is 2.35 bits per heavy atom. The molecule has 0 bridgehead atoms. The van der Waals surface area contributed by atoms with Gasteiger partial charge in [0.1, 0.15) is 0 Å². The van der Waals surface area contributed by atoms with E-state index in [1.165, 1.54) is 6.07 Å². The molecule has 1 atom stereocenters. The van der Waals surface area contributed by atoms with Gasteiger partial charge in [-0.05, 0) is 36.6 Å². The SMILES string of the molecule is O=C([O-])C[C@@H](Cc1ccccc1)C(=O)Nc1ccc(Cl)c(Cl)c1. The number of carbonyl (C=O) groups is 2. The van der Waals surface area contributed by atoms with Crippen LogP contribution in [0.3, 0.4) is 0 Å². The highest BCUT2D eigenvalue weighted by Gasteiger charge is 2.19. The number of carboxylic acid groups (broad SMARTS) is 1. The van der Waals surface area contributed by atoms with Crippen LogP contribution in [0.2, 0.25) is 10.0 Å². The van der Waals surface area contributed by atoms with Crippen molar-refractivity contribution >= 4 is 40.8 Å². The smallest absolute Gasteiger partial charge is 0.228 e. The van der Waals surface area contributed by atoms with Crippen molar-refractivity contribution < 1.29 is 14.7 Å². The summed E-state index contributed by atoms with van der Waals surface area (Å²) in [6.07, 6.45) is -0.0516. The molecule has 23 heavy (non-hydrogen) atoms. The van der Waals surface area contributed by atoms with Gasteiger partial charge in [-0.25, -0.2) is 0 Å². The molecule has 6 heteroatoms. The maximum absolute atomic E-state index is 12.4. The molecule has 0 aliphatic carbocycles. The molecule has 0 aliphatic heterocycles. The second kappa shape index (κ2) is 7.99. The Morgan fingerprint density at radius 1 is 1.04 bits per heavy atom. The van der Waals surface area contributed by atoms with Crippen molar-refractivity contribution in [3.8, 4) is 0 Å². The molecule has 2 aromatic rings. The summed E-state index contributed by atoms with van der Waals surface area (Å²) >= 11 is 11.7. The zero-order valence-corrected chi connectivity index (χ0v) is 13.6. The van der Waals surface area contributed by atoms with Gasteiger partial charge in [-0.1, -0.05) is 53.5 Å². The van der Waals surface area contributed by atoms with Gasteiger partial charge in [-0.3, -0.25) is 4.79 Å². The van der Waals surface area contributed by atoms with Crippen LogP contribution in [0, 0.1) is 5.92 Å². The maximum atomic E-state index is 12.4. The van der Waals surface area contributed by atoms with Crippen LogP contribution in [0.4, 0.5) is 5.69 Å². The fourth-order valence-electron chi connectivity index (χ4n) is 2.18. The molecular weight excluding hydrogens is 337 g/mol. The molecule has 1 N–H and O–H groups in total. The molecule has 120 valence electrons. The fraction of sp³-hybridized carbons (Fsp3) is 0.176. The minimum atomic E-state index is -1.27. The normalized spacial score (nSPS) is 11.7. The van der Waals surface area contributed by atoms with E-state index in [0.29, 0.717) is 22.2 Å². The van der Waals surface area contributed by atoms with Crippen LogP contribution in [-0.4, -0.2) is 11.9 Å². The Kier molecular flexibility index (Phi) is 6.02. The van der Waals surface area contributed by atoms with E-state index in [1.54, 1.807) is 12.1 Å². The Labute approximate surface area is 144 Å². The van der Waals surface area contributed by atoms with Gasteiger partial charge in [-0.15, -0.1) is 0 Å². The van der Waals surface area contributed by atoms with Gasteiger partial charge < -0.3 is 15.2 Å². The molecule has 0 unspecified atom stereocenters. The van der Waals surface area contributed by atoms with E-state index < -0.39 is 17.8 Å². The van der Waals surface area contributed by atoms with Crippen LogP contribution in [0.15, 0.2) is 48.5 Å². The van der Waals surface area contributed by atoms with E-state index >= 15 is 0 Å². The van der Waals surface area contributed by atoms with Gasteiger partial charge in [0.05, 0.1) is 10.0 Å². The molecular formula is C17H14Cl2NO3-. The number of nitrogens with one attached hydrogen (secondary N) is 1. The minimum absolute atomic E-state index is 0.308. The van der Waals surface area contributed by atoms with E-state index in [9.17, 15) is 14.7 Å². The molecule has 2 rings (SSSR count). The molecule has 0 heterocycles. The Hall–Kier alpha value is -2.04. The van der Waals surface area contributed by atoms with E-state index in [2.05, 4.69) is 5.32 Å². The number of halogens is 2. The number of amides is 1. The summed E-state index contributed by atoms with van der Waals surface area (Å²) in [5.74, 6) is -2.41. The molecule has 4 nitrogen and oxygen atoms in total. The monoisotopic (exact) mass is 350 g/mol. The van der Waals surface area contributed by atoms with Gasteiger partial charge in [0, 0.05) is 17.6 Å². The highest BCUT2D eigenvalue weighted by atomic mass is 35.5. The topological polar surface area (TPSA) is 69.2 Å². The van der Waals surface area contributed by atoms with E-state index in [4.69, 9.17) is 23.2 Å². The van der Waals surface area contributed by atoms with Gasteiger partial charge in [0.2, 0.25) is 5.91 Å².